The summed E-state index contributed by atoms with van der Waals surface area (Å²) >= 11 is 6.22. The quantitative estimate of drug-likeness (QED) is 0.838. The van der Waals surface area contributed by atoms with Gasteiger partial charge in [-0.3, -0.25) is 9.69 Å². The molecule has 3 aliphatic rings. The normalized spacial score (nSPS) is 26.5. The summed E-state index contributed by atoms with van der Waals surface area (Å²) in [5.41, 5.74) is 1.03. The fourth-order valence-electron chi connectivity index (χ4n) is 5.23. The lowest BCUT2D eigenvalue weighted by Gasteiger charge is -2.51. The van der Waals surface area contributed by atoms with Gasteiger partial charge in [-0.2, -0.15) is 0 Å². The minimum absolute atomic E-state index is 0.136. The predicted molar refractivity (Wildman–Crippen MR) is 109 cm³/mol. The third-order valence-electron chi connectivity index (χ3n) is 6.84. The van der Waals surface area contributed by atoms with Gasteiger partial charge < -0.3 is 14.7 Å². The maximum Gasteiger partial charge on any atom is 0.227 e. The van der Waals surface area contributed by atoms with E-state index in [1.54, 1.807) is 0 Å². The summed E-state index contributed by atoms with van der Waals surface area (Å²) in [6.07, 6.45) is 5.02. The number of aliphatic hydroxyl groups excluding tert-OH is 1. The van der Waals surface area contributed by atoms with E-state index >= 15 is 0 Å². The number of carbonyl (C=O) groups is 1. The molecular formula is C22H31ClN2O3. The molecule has 6 heteroatoms. The fraction of sp³-hybridized carbons (Fsp3) is 0.682. The standard InChI is InChI=1S/C22H31ClN2O3/c23-20-4-2-1-3-17(20)13-21(27)24-9-7-22(8-10-24)14-19(26)15-25(16-22)18-5-11-28-12-6-18/h1-4,18-19,26H,5-16H2. The molecule has 1 atom stereocenters. The number of rotatable bonds is 3. The molecule has 3 aliphatic heterocycles. The van der Waals surface area contributed by atoms with Gasteiger partial charge in [-0.05, 0) is 49.1 Å². The monoisotopic (exact) mass is 406 g/mol. The number of hydrogen-bond acceptors (Lipinski definition) is 4. The average molecular weight is 407 g/mol. The first kappa shape index (κ1) is 20.1. The van der Waals surface area contributed by atoms with Gasteiger partial charge in [-0.1, -0.05) is 29.8 Å². The van der Waals surface area contributed by atoms with Gasteiger partial charge in [-0.15, -0.1) is 0 Å². The second-order valence-electron chi connectivity index (χ2n) is 8.78. The van der Waals surface area contributed by atoms with Gasteiger partial charge in [0.25, 0.3) is 0 Å². The van der Waals surface area contributed by atoms with Crippen LogP contribution in [0, 0.1) is 5.41 Å². The van der Waals surface area contributed by atoms with Gasteiger partial charge in [0.1, 0.15) is 0 Å². The zero-order valence-electron chi connectivity index (χ0n) is 16.5. The molecule has 0 aromatic heterocycles. The Morgan fingerprint density at radius 3 is 2.64 bits per heavy atom. The second kappa shape index (κ2) is 8.70. The SMILES string of the molecule is O=C(Cc1ccccc1Cl)N1CCC2(CC1)CC(O)CN(C1CCOCC1)C2. The molecule has 3 saturated heterocycles. The molecule has 154 valence electrons. The lowest BCUT2D eigenvalue weighted by Crippen LogP contribution is -2.57. The average Bonchev–Trinajstić information content (AvgIpc) is 2.70. The number of piperidine rings is 2. The summed E-state index contributed by atoms with van der Waals surface area (Å²) in [6, 6.07) is 8.10. The summed E-state index contributed by atoms with van der Waals surface area (Å²) in [7, 11) is 0. The Morgan fingerprint density at radius 2 is 1.93 bits per heavy atom. The van der Waals surface area contributed by atoms with Crippen molar-refractivity contribution in [2.45, 2.75) is 50.7 Å². The number of β-amino-alcohol motifs (C(OH)–C–C–N with tert-alkyl or cyclic N) is 1. The molecule has 1 N–H and O–H groups in total. The van der Waals surface area contributed by atoms with Crippen molar-refractivity contribution < 1.29 is 14.6 Å². The minimum Gasteiger partial charge on any atom is -0.392 e. The van der Waals surface area contributed by atoms with E-state index in [2.05, 4.69) is 4.90 Å². The number of likely N-dealkylation sites (tertiary alicyclic amines) is 2. The number of halogens is 1. The molecule has 1 unspecified atom stereocenters. The highest BCUT2D eigenvalue weighted by atomic mass is 35.5. The van der Waals surface area contributed by atoms with E-state index in [1.807, 2.05) is 29.2 Å². The molecular weight excluding hydrogens is 376 g/mol. The molecule has 4 rings (SSSR count). The van der Waals surface area contributed by atoms with Crippen molar-refractivity contribution in [2.75, 3.05) is 39.4 Å². The molecule has 5 nitrogen and oxygen atoms in total. The first-order valence-corrected chi connectivity index (χ1v) is 10.9. The summed E-state index contributed by atoms with van der Waals surface area (Å²) in [5.74, 6) is 0.153. The number of amides is 1. The maximum atomic E-state index is 12.8. The van der Waals surface area contributed by atoms with E-state index in [0.717, 1.165) is 77.1 Å². The number of aliphatic hydroxyl groups is 1. The molecule has 0 radical (unpaired) electrons. The Hall–Kier alpha value is -1.14. The van der Waals surface area contributed by atoms with Crippen LogP contribution in [0.2, 0.25) is 5.02 Å². The third kappa shape index (κ3) is 4.54. The molecule has 0 bridgehead atoms. The van der Waals surface area contributed by atoms with Crippen LogP contribution in [0.5, 0.6) is 0 Å². The van der Waals surface area contributed by atoms with Gasteiger partial charge in [-0.25, -0.2) is 0 Å². The molecule has 28 heavy (non-hydrogen) atoms. The molecule has 0 saturated carbocycles. The molecule has 0 aliphatic carbocycles. The van der Waals surface area contributed by atoms with Crippen LogP contribution in [-0.4, -0.2) is 72.4 Å². The molecule has 1 aromatic carbocycles. The molecule has 3 heterocycles. The van der Waals surface area contributed by atoms with E-state index in [1.165, 1.54) is 0 Å². The van der Waals surface area contributed by atoms with Crippen molar-refractivity contribution in [1.29, 1.82) is 0 Å². The van der Waals surface area contributed by atoms with Gasteiger partial charge in [0.2, 0.25) is 5.91 Å². The smallest absolute Gasteiger partial charge is 0.227 e. The first-order chi connectivity index (χ1) is 13.5. The number of nitrogens with zero attached hydrogens (tertiary/aromatic N) is 2. The highest BCUT2D eigenvalue weighted by molar-refractivity contribution is 6.31. The lowest BCUT2D eigenvalue weighted by molar-refractivity contribution is -0.135. The van der Waals surface area contributed by atoms with Gasteiger partial charge >= 0.3 is 0 Å². The van der Waals surface area contributed by atoms with Crippen molar-refractivity contribution in [2.24, 2.45) is 5.41 Å². The number of benzene rings is 1. The van der Waals surface area contributed by atoms with Crippen LogP contribution >= 0.6 is 11.6 Å². The maximum absolute atomic E-state index is 12.8. The highest BCUT2D eigenvalue weighted by Gasteiger charge is 2.43. The fourth-order valence-corrected chi connectivity index (χ4v) is 5.44. The zero-order chi connectivity index (χ0) is 19.6. The minimum atomic E-state index is -0.262. The van der Waals surface area contributed by atoms with Crippen LogP contribution in [0.3, 0.4) is 0 Å². The van der Waals surface area contributed by atoms with E-state index < -0.39 is 0 Å². The summed E-state index contributed by atoms with van der Waals surface area (Å²) in [4.78, 5) is 17.2. The van der Waals surface area contributed by atoms with Crippen molar-refractivity contribution in [3.8, 4) is 0 Å². The van der Waals surface area contributed by atoms with Crippen molar-refractivity contribution in [1.82, 2.24) is 9.80 Å². The van der Waals surface area contributed by atoms with Crippen LogP contribution in [0.1, 0.15) is 37.7 Å². The first-order valence-electron chi connectivity index (χ1n) is 10.6. The Labute approximate surface area is 172 Å². The van der Waals surface area contributed by atoms with Crippen LogP contribution in [0.4, 0.5) is 0 Å². The second-order valence-corrected chi connectivity index (χ2v) is 9.19. The van der Waals surface area contributed by atoms with E-state index in [4.69, 9.17) is 16.3 Å². The van der Waals surface area contributed by atoms with Crippen LogP contribution in [0.15, 0.2) is 24.3 Å². The van der Waals surface area contributed by atoms with Crippen molar-refractivity contribution >= 4 is 17.5 Å². The number of carbonyl (C=O) groups excluding carboxylic acids is 1. The van der Waals surface area contributed by atoms with Crippen LogP contribution in [-0.2, 0) is 16.0 Å². The Kier molecular flexibility index (Phi) is 6.26. The van der Waals surface area contributed by atoms with Crippen LogP contribution < -0.4 is 0 Å². The van der Waals surface area contributed by atoms with Gasteiger partial charge in [0.05, 0.1) is 12.5 Å². The van der Waals surface area contributed by atoms with Gasteiger partial charge in [0, 0.05) is 50.5 Å². The topological polar surface area (TPSA) is 53.0 Å². The van der Waals surface area contributed by atoms with Crippen molar-refractivity contribution in [3.63, 3.8) is 0 Å². The number of ether oxygens (including phenoxy) is 1. The summed E-state index contributed by atoms with van der Waals surface area (Å²) < 4.78 is 5.51. The van der Waals surface area contributed by atoms with Crippen LogP contribution in [0.25, 0.3) is 0 Å². The lowest BCUT2D eigenvalue weighted by atomic mass is 9.71. The van der Waals surface area contributed by atoms with E-state index in [-0.39, 0.29) is 17.4 Å². The van der Waals surface area contributed by atoms with Gasteiger partial charge in [0.15, 0.2) is 0 Å². The Morgan fingerprint density at radius 1 is 1.21 bits per heavy atom. The zero-order valence-corrected chi connectivity index (χ0v) is 17.2. The van der Waals surface area contributed by atoms with E-state index in [9.17, 15) is 9.90 Å². The van der Waals surface area contributed by atoms with E-state index in [0.29, 0.717) is 17.5 Å². The largest absolute Gasteiger partial charge is 0.392 e. The van der Waals surface area contributed by atoms with Crippen molar-refractivity contribution in [3.05, 3.63) is 34.9 Å². The summed E-state index contributed by atoms with van der Waals surface area (Å²) in [6.45, 7) is 5.03. The predicted octanol–water partition coefficient (Wildman–Crippen LogP) is 2.74. The molecule has 1 spiro atoms. The third-order valence-corrected chi connectivity index (χ3v) is 7.20. The summed E-state index contributed by atoms with van der Waals surface area (Å²) in [5, 5.41) is 11.2. The Bertz CT molecular complexity index is 684. The Balaban J connectivity index is 1.35. The highest BCUT2D eigenvalue weighted by Crippen LogP contribution is 2.41. The molecule has 1 amide bonds. The molecule has 3 fully saturated rings. The number of hydrogen-bond donors (Lipinski definition) is 1. The molecule has 1 aromatic rings.